The summed E-state index contributed by atoms with van der Waals surface area (Å²) in [5, 5.41) is 11.2. The Hall–Kier alpha value is -1.65. The first-order chi connectivity index (χ1) is 5.70. The van der Waals surface area contributed by atoms with Crippen molar-refractivity contribution in [1.82, 2.24) is 9.97 Å². The van der Waals surface area contributed by atoms with E-state index in [9.17, 15) is 4.79 Å². The van der Waals surface area contributed by atoms with Gasteiger partial charge >= 0.3 is 5.97 Å². The third-order valence-electron chi connectivity index (χ3n) is 1.30. The summed E-state index contributed by atoms with van der Waals surface area (Å²) in [6.07, 6.45) is 4.49. The standard InChI is InChI=1S/C7H9N3O2/c1-5(7(11)12)10-6-4-8-2-3-9-6/h2-5H,1H3,(H,9,10)(H,11,12). The van der Waals surface area contributed by atoms with Gasteiger partial charge < -0.3 is 10.4 Å². The SMILES string of the molecule is CC(Nc1cnccn1)C(=O)O. The van der Waals surface area contributed by atoms with Gasteiger partial charge in [0.2, 0.25) is 0 Å². The lowest BCUT2D eigenvalue weighted by molar-refractivity contribution is -0.137. The molecule has 5 nitrogen and oxygen atoms in total. The summed E-state index contributed by atoms with van der Waals surface area (Å²) < 4.78 is 0. The molecule has 0 bridgehead atoms. The Morgan fingerprint density at radius 3 is 2.92 bits per heavy atom. The van der Waals surface area contributed by atoms with Gasteiger partial charge in [0.25, 0.3) is 0 Å². The summed E-state index contributed by atoms with van der Waals surface area (Å²) in [7, 11) is 0. The predicted molar refractivity (Wildman–Crippen MR) is 42.8 cm³/mol. The highest BCUT2D eigenvalue weighted by atomic mass is 16.4. The second-order valence-electron chi connectivity index (χ2n) is 2.29. The molecule has 0 aliphatic heterocycles. The van der Waals surface area contributed by atoms with E-state index in [0.717, 1.165) is 0 Å². The van der Waals surface area contributed by atoms with E-state index >= 15 is 0 Å². The van der Waals surface area contributed by atoms with Gasteiger partial charge in [-0.3, -0.25) is 9.78 Å². The van der Waals surface area contributed by atoms with Crippen LogP contribution < -0.4 is 5.32 Å². The van der Waals surface area contributed by atoms with Gasteiger partial charge in [0.05, 0.1) is 6.20 Å². The molecule has 0 radical (unpaired) electrons. The van der Waals surface area contributed by atoms with Crippen LogP contribution in [0.25, 0.3) is 0 Å². The molecule has 1 rings (SSSR count). The zero-order chi connectivity index (χ0) is 8.97. The number of carbonyl (C=O) groups is 1. The molecule has 0 amide bonds. The lowest BCUT2D eigenvalue weighted by atomic mass is 10.3. The number of hydrogen-bond acceptors (Lipinski definition) is 4. The zero-order valence-electron chi connectivity index (χ0n) is 6.56. The molecule has 0 spiro atoms. The second-order valence-corrected chi connectivity index (χ2v) is 2.29. The van der Waals surface area contributed by atoms with Crippen LogP contribution in [0.2, 0.25) is 0 Å². The van der Waals surface area contributed by atoms with Crippen LogP contribution in [0.1, 0.15) is 6.92 Å². The number of nitrogens with one attached hydrogen (secondary N) is 1. The highest BCUT2D eigenvalue weighted by molar-refractivity contribution is 5.76. The topological polar surface area (TPSA) is 75.1 Å². The van der Waals surface area contributed by atoms with Crippen molar-refractivity contribution in [2.24, 2.45) is 0 Å². The summed E-state index contributed by atoms with van der Waals surface area (Å²) in [6.45, 7) is 1.54. The van der Waals surface area contributed by atoms with E-state index in [2.05, 4.69) is 15.3 Å². The van der Waals surface area contributed by atoms with E-state index in [-0.39, 0.29) is 0 Å². The van der Waals surface area contributed by atoms with Crippen molar-refractivity contribution in [2.45, 2.75) is 13.0 Å². The molecule has 0 aliphatic rings. The van der Waals surface area contributed by atoms with Gasteiger partial charge in [-0.1, -0.05) is 0 Å². The molecule has 1 unspecified atom stereocenters. The smallest absolute Gasteiger partial charge is 0.325 e. The van der Waals surface area contributed by atoms with E-state index in [1.165, 1.54) is 25.5 Å². The largest absolute Gasteiger partial charge is 0.480 e. The van der Waals surface area contributed by atoms with Gasteiger partial charge in [-0.05, 0) is 6.92 Å². The molecule has 0 fully saturated rings. The lowest BCUT2D eigenvalue weighted by Crippen LogP contribution is -2.25. The Morgan fingerprint density at radius 2 is 2.42 bits per heavy atom. The number of nitrogens with zero attached hydrogens (tertiary/aromatic N) is 2. The summed E-state index contributed by atoms with van der Waals surface area (Å²) in [4.78, 5) is 18.0. The number of aromatic nitrogens is 2. The number of carboxylic acid groups (broad SMARTS) is 1. The molecule has 1 aromatic heterocycles. The molecule has 5 heteroatoms. The van der Waals surface area contributed by atoms with E-state index in [0.29, 0.717) is 5.82 Å². The van der Waals surface area contributed by atoms with Gasteiger partial charge in [-0.25, -0.2) is 4.98 Å². The maximum Gasteiger partial charge on any atom is 0.325 e. The Kier molecular flexibility index (Phi) is 2.57. The quantitative estimate of drug-likeness (QED) is 0.679. The van der Waals surface area contributed by atoms with Gasteiger partial charge in [0, 0.05) is 12.4 Å². The Balaban J connectivity index is 2.58. The van der Waals surface area contributed by atoms with Crippen molar-refractivity contribution in [3.63, 3.8) is 0 Å². The van der Waals surface area contributed by atoms with Crippen LogP contribution in [0.3, 0.4) is 0 Å². The zero-order valence-corrected chi connectivity index (χ0v) is 6.56. The second kappa shape index (κ2) is 3.66. The minimum atomic E-state index is -0.916. The van der Waals surface area contributed by atoms with Crippen molar-refractivity contribution in [1.29, 1.82) is 0 Å². The fourth-order valence-electron chi connectivity index (χ4n) is 0.657. The summed E-state index contributed by atoms with van der Waals surface area (Å²) >= 11 is 0. The Labute approximate surface area is 69.5 Å². The highest BCUT2D eigenvalue weighted by Gasteiger charge is 2.09. The minimum Gasteiger partial charge on any atom is -0.480 e. The maximum absolute atomic E-state index is 10.4. The summed E-state index contributed by atoms with van der Waals surface area (Å²) in [5.74, 6) is -0.451. The molecule has 0 aliphatic carbocycles. The van der Waals surface area contributed by atoms with Gasteiger partial charge in [0.1, 0.15) is 11.9 Å². The maximum atomic E-state index is 10.4. The van der Waals surface area contributed by atoms with E-state index in [1.807, 2.05) is 0 Å². The first-order valence-corrected chi connectivity index (χ1v) is 3.45. The number of anilines is 1. The Morgan fingerprint density at radius 1 is 1.67 bits per heavy atom. The average molecular weight is 167 g/mol. The third kappa shape index (κ3) is 2.19. The van der Waals surface area contributed by atoms with Crippen molar-refractivity contribution in [3.05, 3.63) is 18.6 Å². The summed E-state index contributed by atoms with van der Waals surface area (Å²) in [6, 6.07) is -0.651. The third-order valence-corrected chi connectivity index (χ3v) is 1.30. The molecule has 1 atom stereocenters. The number of hydrogen-bond donors (Lipinski definition) is 2. The van der Waals surface area contributed by atoms with Gasteiger partial charge in [-0.15, -0.1) is 0 Å². The van der Waals surface area contributed by atoms with Crippen molar-refractivity contribution in [3.8, 4) is 0 Å². The highest BCUT2D eigenvalue weighted by Crippen LogP contribution is 1.99. The first-order valence-electron chi connectivity index (χ1n) is 3.45. The van der Waals surface area contributed by atoms with Gasteiger partial charge in [0.15, 0.2) is 0 Å². The molecular weight excluding hydrogens is 158 g/mol. The fourth-order valence-corrected chi connectivity index (χ4v) is 0.657. The fraction of sp³-hybridized carbons (Fsp3) is 0.286. The predicted octanol–water partition coefficient (Wildman–Crippen LogP) is 0.362. The molecule has 2 N–H and O–H groups in total. The number of aliphatic carboxylic acids is 1. The Bertz CT molecular complexity index is 263. The van der Waals surface area contributed by atoms with Crippen LogP contribution in [-0.4, -0.2) is 27.1 Å². The van der Waals surface area contributed by atoms with E-state index in [4.69, 9.17) is 5.11 Å². The lowest BCUT2D eigenvalue weighted by Gasteiger charge is -2.07. The molecule has 12 heavy (non-hydrogen) atoms. The molecular formula is C7H9N3O2. The van der Waals surface area contributed by atoms with E-state index in [1.54, 1.807) is 0 Å². The molecule has 1 aromatic rings. The molecule has 0 saturated carbocycles. The van der Waals surface area contributed by atoms with Crippen LogP contribution in [0.4, 0.5) is 5.82 Å². The van der Waals surface area contributed by atoms with Crippen LogP contribution >= 0.6 is 0 Å². The normalized spacial score (nSPS) is 12.1. The van der Waals surface area contributed by atoms with E-state index < -0.39 is 12.0 Å². The summed E-state index contributed by atoms with van der Waals surface area (Å²) in [5.41, 5.74) is 0. The van der Waals surface area contributed by atoms with Crippen molar-refractivity contribution >= 4 is 11.8 Å². The van der Waals surface area contributed by atoms with Crippen LogP contribution in [0.5, 0.6) is 0 Å². The van der Waals surface area contributed by atoms with Crippen molar-refractivity contribution in [2.75, 3.05) is 5.32 Å². The minimum absolute atomic E-state index is 0.465. The van der Waals surface area contributed by atoms with Gasteiger partial charge in [-0.2, -0.15) is 0 Å². The number of rotatable bonds is 3. The van der Waals surface area contributed by atoms with Crippen LogP contribution in [-0.2, 0) is 4.79 Å². The van der Waals surface area contributed by atoms with Crippen molar-refractivity contribution < 1.29 is 9.90 Å². The van der Waals surface area contributed by atoms with Crippen LogP contribution in [0.15, 0.2) is 18.6 Å². The molecule has 0 aromatic carbocycles. The number of carboxylic acids is 1. The first kappa shape index (κ1) is 8.45. The monoisotopic (exact) mass is 167 g/mol. The molecule has 64 valence electrons. The molecule has 1 heterocycles. The average Bonchev–Trinajstić information content (AvgIpc) is 2.06. The van der Waals surface area contributed by atoms with Crippen LogP contribution in [0, 0.1) is 0 Å². The molecule has 0 saturated heterocycles.